The number of nitrogens with zero attached hydrogens (tertiary/aromatic N) is 1. The number of carbonyl (C=O) groups is 1. The number of aromatic nitrogens is 1. The minimum atomic E-state index is -0.330. The van der Waals surface area contributed by atoms with Crippen LogP contribution >= 0.6 is 0 Å². The molecular formula is C18H15NO4. The summed E-state index contributed by atoms with van der Waals surface area (Å²) in [5.41, 5.74) is 1.14. The standard InChI is InChI=1S/C18H15NO4/c1-21-14-9-5-3-7-12(14)16-11-19-18(23-16)17(20)13-8-4-6-10-15(13)22-2/h3-11H,1-2H3. The molecule has 3 aromatic rings. The third-order valence-corrected chi connectivity index (χ3v) is 3.42. The van der Waals surface area contributed by atoms with Crippen LogP contribution in [-0.4, -0.2) is 25.0 Å². The molecule has 0 bridgehead atoms. The smallest absolute Gasteiger partial charge is 0.268 e. The molecule has 0 fully saturated rings. The lowest BCUT2D eigenvalue weighted by Crippen LogP contribution is -2.03. The molecule has 3 rings (SSSR count). The molecule has 0 unspecified atom stereocenters. The van der Waals surface area contributed by atoms with Crippen molar-refractivity contribution in [1.29, 1.82) is 0 Å². The quantitative estimate of drug-likeness (QED) is 0.674. The lowest BCUT2D eigenvalue weighted by atomic mass is 10.1. The fourth-order valence-corrected chi connectivity index (χ4v) is 2.30. The topological polar surface area (TPSA) is 61.6 Å². The molecule has 0 radical (unpaired) electrons. The van der Waals surface area contributed by atoms with Crippen molar-refractivity contribution in [3.8, 4) is 22.8 Å². The van der Waals surface area contributed by atoms with Crippen molar-refractivity contribution in [2.24, 2.45) is 0 Å². The Morgan fingerprint density at radius 1 is 0.957 bits per heavy atom. The monoisotopic (exact) mass is 309 g/mol. The van der Waals surface area contributed by atoms with E-state index in [-0.39, 0.29) is 11.7 Å². The molecule has 0 N–H and O–H groups in total. The van der Waals surface area contributed by atoms with Crippen molar-refractivity contribution in [2.45, 2.75) is 0 Å². The fourth-order valence-electron chi connectivity index (χ4n) is 2.30. The third kappa shape index (κ3) is 2.81. The molecule has 0 aliphatic heterocycles. The molecule has 23 heavy (non-hydrogen) atoms. The summed E-state index contributed by atoms with van der Waals surface area (Å²) in [7, 11) is 3.10. The van der Waals surface area contributed by atoms with Crippen LogP contribution in [0.25, 0.3) is 11.3 Å². The average molecular weight is 309 g/mol. The first-order valence-electron chi connectivity index (χ1n) is 7.01. The van der Waals surface area contributed by atoms with Crippen LogP contribution in [0.1, 0.15) is 16.2 Å². The molecular weight excluding hydrogens is 294 g/mol. The first kappa shape index (κ1) is 14.8. The Morgan fingerprint density at radius 3 is 2.35 bits per heavy atom. The van der Waals surface area contributed by atoms with Crippen LogP contribution in [0, 0.1) is 0 Å². The van der Waals surface area contributed by atoms with Crippen molar-refractivity contribution < 1.29 is 18.7 Å². The van der Waals surface area contributed by atoms with Crippen LogP contribution in [-0.2, 0) is 0 Å². The van der Waals surface area contributed by atoms with E-state index in [1.54, 1.807) is 31.4 Å². The summed E-state index contributed by atoms with van der Waals surface area (Å²) in [6.45, 7) is 0. The molecule has 0 aliphatic carbocycles. The van der Waals surface area contributed by atoms with Crippen LogP contribution in [0.3, 0.4) is 0 Å². The second-order valence-electron chi connectivity index (χ2n) is 4.76. The first-order chi connectivity index (χ1) is 11.2. The van der Waals surface area contributed by atoms with Crippen LogP contribution in [0.5, 0.6) is 11.5 Å². The van der Waals surface area contributed by atoms with Crippen molar-refractivity contribution in [2.75, 3.05) is 14.2 Å². The normalized spacial score (nSPS) is 10.3. The second kappa shape index (κ2) is 6.36. The Bertz CT molecular complexity index is 838. The lowest BCUT2D eigenvalue weighted by molar-refractivity contribution is 0.100. The van der Waals surface area contributed by atoms with Crippen molar-refractivity contribution in [3.63, 3.8) is 0 Å². The Labute approximate surface area is 133 Å². The number of benzene rings is 2. The summed E-state index contributed by atoms with van der Waals surface area (Å²) < 4.78 is 16.1. The number of hydrogen-bond acceptors (Lipinski definition) is 5. The number of oxazole rings is 1. The lowest BCUT2D eigenvalue weighted by Gasteiger charge is -2.05. The van der Waals surface area contributed by atoms with E-state index in [1.165, 1.54) is 13.3 Å². The van der Waals surface area contributed by atoms with Gasteiger partial charge in [0.2, 0.25) is 0 Å². The van der Waals surface area contributed by atoms with Crippen molar-refractivity contribution in [1.82, 2.24) is 4.98 Å². The van der Waals surface area contributed by atoms with Gasteiger partial charge in [0.05, 0.1) is 31.5 Å². The van der Waals surface area contributed by atoms with Crippen LogP contribution in [0.4, 0.5) is 0 Å². The van der Waals surface area contributed by atoms with Gasteiger partial charge in [-0.15, -0.1) is 0 Å². The third-order valence-electron chi connectivity index (χ3n) is 3.42. The molecule has 0 spiro atoms. The molecule has 5 heteroatoms. The number of ether oxygens (including phenoxy) is 2. The van der Waals surface area contributed by atoms with Crippen LogP contribution in [0.15, 0.2) is 59.1 Å². The number of rotatable bonds is 5. The molecule has 116 valence electrons. The Hall–Kier alpha value is -3.08. The fraction of sp³-hybridized carbons (Fsp3) is 0.111. The van der Waals surface area contributed by atoms with Gasteiger partial charge in [-0.2, -0.15) is 0 Å². The van der Waals surface area contributed by atoms with Crippen molar-refractivity contribution >= 4 is 5.78 Å². The number of para-hydroxylation sites is 2. The van der Waals surface area contributed by atoms with Gasteiger partial charge in [-0.05, 0) is 24.3 Å². The highest BCUT2D eigenvalue weighted by molar-refractivity contribution is 6.08. The maximum absolute atomic E-state index is 12.6. The molecule has 0 atom stereocenters. The second-order valence-corrected chi connectivity index (χ2v) is 4.76. The number of ketones is 1. The van der Waals surface area contributed by atoms with Gasteiger partial charge in [-0.25, -0.2) is 4.98 Å². The predicted molar refractivity (Wildman–Crippen MR) is 84.9 cm³/mol. The van der Waals surface area contributed by atoms with E-state index in [4.69, 9.17) is 13.9 Å². The largest absolute Gasteiger partial charge is 0.496 e. The van der Waals surface area contributed by atoms with E-state index >= 15 is 0 Å². The number of carbonyl (C=O) groups excluding carboxylic acids is 1. The van der Waals surface area contributed by atoms with E-state index in [1.807, 2.05) is 24.3 Å². The molecule has 0 aliphatic rings. The van der Waals surface area contributed by atoms with Gasteiger partial charge in [-0.3, -0.25) is 4.79 Å². The molecule has 0 amide bonds. The summed E-state index contributed by atoms with van der Waals surface area (Å²) in [4.78, 5) is 16.7. The summed E-state index contributed by atoms with van der Waals surface area (Å²) in [6, 6.07) is 14.3. The maximum Gasteiger partial charge on any atom is 0.268 e. The highest BCUT2D eigenvalue weighted by Gasteiger charge is 2.20. The summed E-state index contributed by atoms with van der Waals surface area (Å²) >= 11 is 0. The minimum Gasteiger partial charge on any atom is -0.496 e. The Morgan fingerprint density at radius 2 is 1.61 bits per heavy atom. The predicted octanol–water partition coefficient (Wildman–Crippen LogP) is 3.59. The van der Waals surface area contributed by atoms with E-state index in [0.29, 0.717) is 22.8 Å². The van der Waals surface area contributed by atoms with E-state index in [2.05, 4.69) is 4.98 Å². The highest BCUT2D eigenvalue weighted by atomic mass is 16.5. The van der Waals surface area contributed by atoms with Gasteiger partial charge in [0.15, 0.2) is 5.76 Å². The number of methoxy groups -OCH3 is 2. The van der Waals surface area contributed by atoms with E-state index in [0.717, 1.165) is 5.56 Å². The van der Waals surface area contributed by atoms with Gasteiger partial charge in [-0.1, -0.05) is 24.3 Å². The maximum atomic E-state index is 12.6. The van der Waals surface area contributed by atoms with Gasteiger partial charge < -0.3 is 13.9 Å². The van der Waals surface area contributed by atoms with Crippen LogP contribution < -0.4 is 9.47 Å². The Kier molecular flexibility index (Phi) is 4.10. The van der Waals surface area contributed by atoms with Gasteiger partial charge in [0.25, 0.3) is 11.7 Å². The van der Waals surface area contributed by atoms with Crippen molar-refractivity contribution in [3.05, 3.63) is 66.2 Å². The molecule has 1 aromatic heterocycles. The molecule has 0 saturated carbocycles. The van der Waals surface area contributed by atoms with Gasteiger partial charge in [0.1, 0.15) is 11.5 Å². The van der Waals surface area contributed by atoms with E-state index < -0.39 is 0 Å². The molecule has 1 heterocycles. The minimum absolute atomic E-state index is 0.00964. The van der Waals surface area contributed by atoms with Gasteiger partial charge in [0, 0.05) is 0 Å². The summed E-state index contributed by atoms with van der Waals surface area (Å²) in [6.07, 6.45) is 1.51. The van der Waals surface area contributed by atoms with Gasteiger partial charge >= 0.3 is 0 Å². The van der Waals surface area contributed by atoms with Crippen LogP contribution in [0.2, 0.25) is 0 Å². The molecule has 2 aromatic carbocycles. The molecule has 5 nitrogen and oxygen atoms in total. The zero-order valence-corrected chi connectivity index (χ0v) is 12.8. The highest BCUT2D eigenvalue weighted by Crippen LogP contribution is 2.31. The number of hydrogen-bond donors (Lipinski definition) is 0. The summed E-state index contributed by atoms with van der Waals surface area (Å²) in [5, 5.41) is 0. The SMILES string of the molecule is COc1ccccc1C(=O)c1ncc(-c2ccccc2OC)o1. The summed E-state index contributed by atoms with van der Waals surface area (Å²) in [5.74, 6) is 1.29. The molecule has 0 saturated heterocycles. The zero-order valence-electron chi connectivity index (χ0n) is 12.8. The Balaban J connectivity index is 1.97. The zero-order chi connectivity index (χ0) is 16.2. The van der Waals surface area contributed by atoms with E-state index in [9.17, 15) is 4.79 Å². The first-order valence-corrected chi connectivity index (χ1v) is 7.01. The average Bonchev–Trinajstić information content (AvgIpc) is 3.11.